The summed E-state index contributed by atoms with van der Waals surface area (Å²) in [5.41, 5.74) is 1.85. The van der Waals surface area contributed by atoms with Crippen LogP contribution in [0.4, 0.5) is 4.79 Å². The van der Waals surface area contributed by atoms with Gasteiger partial charge in [-0.25, -0.2) is 9.59 Å². The molecule has 0 aromatic heterocycles. The smallest absolute Gasteiger partial charge is 0.410 e. The van der Waals surface area contributed by atoms with Gasteiger partial charge in [0, 0.05) is 42.7 Å². The summed E-state index contributed by atoms with van der Waals surface area (Å²) in [4.78, 5) is 26.2. The first kappa shape index (κ1) is 30.8. The van der Waals surface area contributed by atoms with E-state index in [2.05, 4.69) is 15.9 Å². The minimum Gasteiger partial charge on any atom is -0.496 e. The maximum atomic E-state index is 12.6. The van der Waals surface area contributed by atoms with Crippen molar-refractivity contribution in [2.75, 3.05) is 48.4 Å². The van der Waals surface area contributed by atoms with Gasteiger partial charge in [-0.3, -0.25) is 0 Å². The number of halogens is 1. The largest absolute Gasteiger partial charge is 0.496 e. The van der Waals surface area contributed by atoms with E-state index >= 15 is 0 Å². The van der Waals surface area contributed by atoms with Crippen molar-refractivity contribution < 1.29 is 38.0 Å². The minimum atomic E-state index is -0.599. The Kier molecular flexibility index (Phi) is 12.1. The summed E-state index contributed by atoms with van der Waals surface area (Å²) >= 11 is 3.75. The SMILES string of the molecule is COCCOCOC1C=C/C(=C\C(=O)OC)C(c2c(OC)ccc(CN(C)C(=O)OC(C)(C)C)c2Br)C1. The van der Waals surface area contributed by atoms with Gasteiger partial charge >= 0.3 is 12.1 Å². The van der Waals surface area contributed by atoms with Crippen LogP contribution in [0.5, 0.6) is 5.75 Å². The first-order valence-corrected chi connectivity index (χ1v) is 12.7. The summed E-state index contributed by atoms with van der Waals surface area (Å²) in [6.07, 6.45) is 5.07. The van der Waals surface area contributed by atoms with Crippen LogP contribution in [0.3, 0.4) is 0 Å². The fourth-order valence-electron chi connectivity index (χ4n) is 3.78. The Hall–Kier alpha value is -2.40. The molecule has 0 bridgehead atoms. The van der Waals surface area contributed by atoms with Crippen molar-refractivity contribution in [2.45, 2.75) is 51.4 Å². The van der Waals surface area contributed by atoms with Crippen LogP contribution in [0.1, 0.15) is 44.2 Å². The zero-order chi connectivity index (χ0) is 27.6. The highest BCUT2D eigenvalue weighted by Gasteiger charge is 2.30. The average molecular weight is 585 g/mol. The molecule has 0 saturated heterocycles. The summed E-state index contributed by atoms with van der Waals surface area (Å²) in [7, 11) is 6.23. The number of hydrogen-bond acceptors (Lipinski definition) is 8. The number of allylic oxidation sites excluding steroid dienone is 2. The molecule has 1 aromatic carbocycles. The van der Waals surface area contributed by atoms with Gasteiger partial charge in [0.15, 0.2) is 0 Å². The van der Waals surface area contributed by atoms with Crippen molar-refractivity contribution >= 4 is 28.0 Å². The molecule has 37 heavy (non-hydrogen) atoms. The number of hydrogen-bond donors (Lipinski definition) is 0. The number of esters is 1. The lowest BCUT2D eigenvalue weighted by molar-refractivity contribution is -0.134. The predicted molar refractivity (Wildman–Crippen MR) is 143 cm³/mol. The van der Waals surface area contributed by atoms with Crippen LogP contribution in [0, 0.1) is 0 Å². The Labute approximate surface area is 227 Å². The number of rotatable bonds is 11. The number of amides is 1. The molecule has 2 atom stereocenters. The zero-order valence-corrected chi connectivity index (χ0v) is 24.3. The molecule has 0 spiro atoms. The molecule has 1 aliphatic carbocycles. The van der Waals surface area contributed by atoms with E-state index in [1.807, 2.05) is 45.1 Å². The van der Waals surface area contributed by atoms with E-state index < -0.39 is 17.7 Å². The summed E-state index contributed by atoms with van der Waals surface area (Å²) < 4.78 is 33.2. The maximum Gasteiger partial charge on any atom is 0.410 e. The number of ether oxygens (including phenoxy) is 6. The highest BCUT2D eigenvalue weighted by atomic mass is 79.9. The molecular formula is C27H38BrNO8. The molecule has 0 radical (unpaired) electrons. The third kappa shape index (κ3) is 9.45. The number of methoxy groups -OCH3 is 3. The topological polar surface area (TPSA) is 92.8 Å². The second kappa shape index (κ2) is 14.5. The number of benzene rings is 1. The standard InChI is InChI=1S/C27H38BrNO8/c1-27(2,3)37-26(31)29(4)16-19-9-11-22(33-6)24(25(19)28)21-15-20(36-17-35-13-12-32-5)10-8-18(21)14-23(30)34-7/h8-11,14,20-21H,12-13,15-17H2,1-7H3/b18-14+. The van der Waals surface area contributed by atoms with E-state index in [0.717, 1.165) is 21.2 Å². The summed E-state index contributed by atoms with van der Waals surface area (Å²) in [6, 6.07) is 3.75. The molecule has 0 saturated carbocycles. The molecule has 1 aromatic rings. The first-order valence-electron chi connectivity index (χ1n) is 12.0. The van der Waals surface area contributed by atoms with Crippen LogP contribution in [0.15, 0.2) is 40.4 Å². The molecule has 2 unspecified atom stereocenters. The minimum absolute atomic E-state index is 0.111. The number of carbonyl (C=O) groups excluding carboxylic acids is 2. The van der Waals surface area contributed by atoms with Crippen LogP contribution in [-0.2, 0) is 35.0 Å². The van der Waals surface area contributed by atoms with E-state index in [4.69, 9.17) is 28.4 Å². The van der Waals surface area contributed by atoms with Gasteiger partial charge in [0.25, 0.3) is 0 Å². The second-order valence-electron chi connectivity index (χ2n) is 9.53. The normalized spacial score (nSPS) is 18.5. The quantitative estimate of drug-likeness (QED) is 0.156. The first-order chi connectivity index (χ1) is 17.5. The maximum absolute atomic E-state index is 12.6. The van der Waals surface area contributed by atoms with E-state index in [-0.39, 0.29) is 18.8 Å². The monoisotopic (exact) mass is 583 g/mol. The van der Waals surface area contributed by atoms with Crippen LogP contribution < -0.4 is 4.74 Å². The molecule has 1 amide bonds. The summed E-state index contributed by atoms with van der Waals surface area (Å²) in [5, 5.41) is 0. The van der Waals surface area contributed by atoms with Crippen LogP contribution in [-0.4, -0.2) is 77.1 Å². The molecule has 0 N–H and O–H groups in total. The molecule has 2 rings (SSSR count). The number of nitrogens with zero attached hydrogens (tertiary/aromatic N) is 1. The predicted octanol–water partition coefficient (Wildman–Crippen LogP) is 4.97. The van der Waals surface area contributed by atoms with Gasteiger partial charge in [-0.2, -0.15) is 0 Å². The van der Waals surface area contributed by atoms with Crippen LogP contribution >= 0.6 is 15.9 Å². The van der Waals surface area contributed by atoms with Gasteiger partial charge in [0.05, 0.1) is 33.5 Å². The Bertz CT molecular complexity index is 985. The highest BCUT2D eigenvalue weighted by molar-refractivity contribution is 9.10. The Morgan fingerprint density at radius 1 is 1.16 bits per heavy atom. The van der Waals surface area contributed by atoms with Crippen molar-refractivity contribution in [3.8, 4) is 5.75 Å². The number of carbonyl (C=O) groups is 2. The van der Waals surface area contributed by atoms with Gasteiger partial charge in [-0.05, 0) is 60.3 Å². The van der Waals surface area contributed by atoms with Gasteiger partial charge in [0.1, 0.15) is 18.1 Å². The summed E-state index contributed by atoms with van der Waals surface area (Å²) in [5.74, 6) is -0.0753. The Morgan fingerprint density at radius 2 is 1.89 bits per heavy atom. The Morgan fingerprint density at radius 3 is 2.51 bits per heavy atom. The lowest BCUT2D eigenvalue weighted by Gasteiger charge is -2.30. The molecule has 0 fully saturated rings. The molecule has 1 aliphatic rings. The zero-order valence-electron chi connectivity index (χ0n) is 22.7. The molecule has 10 heteroatoms. The van der Waals surface area contributed by atoms with Gasteiger partial charge in [0.2, 0.25) is 0 Å². The fraction of sp³-hybridized carbons (Fsp3) is 0.556. The van der Waals surface area contributed by atoms with E-state index in [1.165, 1.54) is 18.1 Å². The second-order valence-corrected chi connectivity index (χ2v) is 10.3. The van der Waals surface area contributed by atoms with Crippen molar-refractivity contribution in [1.82, 2.24) is 4.90 Å². The van der Waals surface area contributed by atoms with Crippen molar-refractivity contribution in [1.29, 1.82) is 0 Å². The van der Waals surface area contributed by atoms with Crippen LogP contribution in [0.25, 0.3) is 0 Å². The van der Waals surface area contributed by atoms with Crippen molar-refractivity contribution in [2.24, 2.45) is 0 Å². The lowest BCUT2D eigenvalue weighted by Crippen LogP contribution is -2.34. The van der Waals surface area contributed by atoms with Gasteiger partial charge in [-0.1, -0.05) is 18.2 Å². The van der Waals surface area contributed by atoms with E-state index in [1.54, 1.807) is 21.3 Å². The fourth-order valence-corrected chi connectivity index (χ4v) is 4.50. The molecule has 0 aliphatic heterocycles. The average Bonchev–Trinajstić information content (AvgIpc) is 2.84. The van der Waals surface area contributed by atoms with Crippen molar-refractivity contribution in [3.63, 3.8) is 0 Å². The van der Waals surface area contributed by atoms with Crippen molar-refractivity contribution in [3.05, 3.63) is 51.5 Å². The van der Waals surface area contributed by atoms with Gasteiger partial charge < -0.3 is 33.3 Å². The molecule has 9 nitrogen and oxygen atoms in total. The van der Waals surface area contributed by atoms with E-state index in [0.29, 0.717) is 31.9 Å². The van der Waals surface area contributed by atoms with Crippen LogP contribution in [0.2, 0.25) is 0 Å². The molecule has 206 valence electrons. The Balaban J connectivity index is 2.39. The molecule has 0 heterocycles. The highest BCUT2D eigenvalue weighted by Crippen LogP contribution is 2.44. The third-order valence-electron chi connectivity index (χ3n) is 5.56. The van der Waals surface area contributed by atoms with E-state index in [9.17, 15) is 9.59 Å². The summed E-state index contributed by atoms with van der Waals surface area (Å²) in [6.45, 7) is 6.80. The molecular weight excluding hydrogens is 546 g/mol. The third-order valence-corrected chi connectivity index (χ3v) is 6.49. The lowest BCUT2D eigenvalue weighted by atomic mass is 9.81. The van der Waals surface area contributed by atoms with Gasteiger partial charge in [-0.15, -0.1) is 0 Å².